The highest BCUT2D eigenvalue weighted by Crippen LogP contribution is 2.31. The fourth-order valence-electron chi connectivity index (χ4n) is 2.48. The van der Waals surface area contributed by atoms with Gasteiger partial charge in [0.2, 0.25) is 0 Å². The molecular weight excluding hydrogens is 344 g/mol. The van der Waals surface area contributed by atoms with Gasteiger partial charge < -0.3 is 5.32 Å². The van der Waals surface area contributed by atoms with Crippen molar-refractivity contribution in [1.29, 1.82) is 0 Å². The molecule has 0 amide bonds. The van der Waals surface area contributed by atoms with E-state index in [9.17, 15) is 0 Å². The Labute approximate surface area is 137 Å². The lowest BCUT2D eigenvalue weighted by molar-refractivity contribution is 1.32. The fraction of sp³-hybridized carbons (Fsp3) is 0.118. The van der Waals surface area contributed by atoms with Crippen LogP contribution in [0, 0.1) is 13.8 Å². The summed E-state index contributed by atoms with van der Waals surface area (Å²) in [7, 11) is 0. The van der Waals surface area contributed by atoms with Crippen molar-refractivity contribution < 1.29 is 0 Å². The third kappa shape index (κ3) is 3.17. The van der Waals surface area contributed by atoms with Gasteiger partial charge in [-0.25, -0.2) is 4.98 Å². The summed E-state index contributed by atoms with van der Waals surface area (Å²) in [6.07, 6.45) is 0. The van der Waals surface area contributed by atoms with Gasteiger partial charge in [-0.05, 0) is 61.4 Å². The third-order valence-electron chi connectivity index (χ3n) is 3.35. The number of nitrogens with one attached hydrogen (secondary N) is 1. The van der Waals surface area contributed by atoms with E-state index in [1.54, 1.807) is 11.3 Å². The van der Waals surface area contributed by atoms with Crippen molar-refractivity contribution in [3.05, 3.63) is 62.9 Å². The van der Waals surface area contributed by atoms with Gasteiger partial charge in [-0.15, -0.1) is 11.3 Å². The smallest absolute Gasteiger partial charge is 0.0816 e. The molecule has 0 bridgehead atoms. The molecule has 0 atom stereocenters. The monoisotopic (exact) mass is 358 g/mol. The van der Waals surface area contributed by atoms with Crippen molar-refractivity contribution in [3.8, 4) is 11.3 Å². The Bertz CT molecular complexity index is 726. The van der Waals surface area contributed by atoms with E-state index in [4.69, 9.17) is 0 Å². The Morgan fingerprint density at radius 3 is 2.24 bits per heavy atom. The summed E-state index contributed by atoms with van der Waals surface area (Å²) in [4.78, 5) is 4.42. The summed E-state index contributed by atoms with van der Waals surface area (Å²) in [5.74, 6) is 0. The standard InChI is InChI=1S/C17H15BrN2S/c1-11-7-15(20-14-5-3-13(18)4-6-14)8-12(2)17(11)16-9-21-10-19-16/h3-10,20H,1-2H3. The largest absolute Gasteiger partial charge is 0.356 e. The summed E-state index contributed by atoms with van der Waals surface area (Å²) < 4.78 is 1.08. The molecule has 0 saturated carbocycles. The number of aryl methyl sites for hydroxylation is 2. The molecule has 1 aromatic heterocycles. The van der Waals surface area contributed by atoms with E-state index in [2.05, 4.69) is 69.7 Å². The number of benzene rings is 2. The van der Waals surface area contributed by atoms with Crippen molar-refractivity contribution >= 4 is 38.6 Å². The van der Waals surface area contributed by atoms with Gasteiger partial charge in [0.15, 0.2) is 0 Å². The zero-order valence-electron chi connectivity index (χ0n) is 11.9. The van der Waals surface area contributed by atoms with Gasteiger partial charge in [0.1, 0.15) is 0 Å². The van der Waals surface area contributed by atoms with Crippen molar-refractivity contribution in [2.45, 2.75) is 13.8 Å². The maximum atomic E-state index is 4.42. The van der Waals surface area contributed by atoms with Gasteiger partial charge in [-0.1, -0.05) is 15.9 Å². The lowest BCUT2D eigenvalue weighted by Crippen LogP contribution is -1.95. The quantitative estimate of drug-likeness (QED) is 0.627. The van der Waals surface area contributed by atoms with Crippen LogP contribution < -0.4 is 5.32 Å². The molecular formula is C17H15BrN2S. The first-order valence-electron chi connectivity index (χ1n) is 6.66. The first kappa shape index (κ1) is 14.3. The highest BCUT2D eigenvalue weighted by Gasteiger charge is 2.09. The van der Waals surface area contributed by atoms with E-state index in [1.165, 1.54) is 16.7 Å². The van der Waals surface area contributed by atoms with Crippen molar-refractivity contribution in [3.63, 3.8) is 0 Å². The van der Waals surface area contributed by atoms with Crippen LogP contribution in [0.2, 0.25) is 0 Å². The van der Waals surface area contributed by atoms with Crippen molar-refractivity contribution in [2.75, 3.05) is 5.32 Å². The molecule has 3 rings (SSSR count). The average Bonchev–Trinajstić information content (AvgIpc) is 2.94. The summed E-state index contributed by atoms with van der Waals surface area (Å²) in [6.45, 7) is 4.27. The molecule has 21 heavy (non-hydrogen) atoms. The van der Waals surface area contributed by atoms with E-state index in [-0.39, 0.29) is 0 Å². The Morgan fingerprint density at radius 2 is 1.67 bits per heavy atom. The van der Waals surface area contributed by atoms with Crippen molar-refractivity contribution in [2.24, 2.45) is 0 Å². The minimum atomic E-state index is 1.06. The summed E-state index contributed by atoms with van der Waals surface area (Å²) in [6, 6.07) is 12.5. The van der Waals surface area contributed by atoms with Gasteiger partial charge >= 0.3 is 0 Å². The van der Waals surface area contributed by atoms with Gasteiger partial charge in [0.25, 0.3) is 0 Å². The normalized spacial score (nSPS) is 10.6. The van der Waals surface area contributed by atoms with Crippen molar-refractivity contribution in [1.82, 2.24) is 4.98 Å². The zero-order valence-corrected chi connectivity index (χ0v) is 14.3. The highest BCUT2D eigenvalue weighted by atomic mass is 79.9. The molecule has 2 nitrogen and oxygen atoms in total. The van der Waals surface area contributed by atoms with E-state index in [1.807, 2.05) is 17.6 Å². The van der Waals surface area contributed by atoms with Gasteiger partial charge in [-0.3, -0.25) is 0 Å². The van der Waals surface area contributed by atoms with Crippen LogP contribution in [0.4, 0.5) is 11.4 Å². The summed E-state index contributed by atoms with van der Waals surface area (Å²) >= 11 is 5.08. The highest BCUT2D eigenvalue weighted by molar-refractivity contribution is 9.10. The molecule has 106 valence electrons. The van der Waals surface area contributed by atoms with Gasteiger partial charge in [-0.2, -0.15) is 0 Å². The van der Waals surface area contributed by atoms with Crippen LogP contribution in [0.1, 0.15) is 11.1 Å². The minimum Gasteiger partial charge on any atom is -0.356 e. The first-order valence-corrected chi connectivity index (χ1v) is 8.39. The SMILES string of the molecule is Cc1cc(Nc2ccc(Br)cc2)cc(C)c1-c1cscn1. The number of halogens is 1. The maximum Gasteiger partial charge on any atom is 0.0816 e. The average molecular weight is 359 g/mol. The Hall–Kier alpha value is -1.65. The number of anilines is 2. The predicted octanol–water partition coefficient (Wildman–Crippen LogP) is 5.93. The number of hydrogen-bond acceptors (Lipinski definition) is 3. The summed E-state index contributed by atoms with van der Waals surface area (Å²) in [5, 5.41) is 5.54. The second kappa shape index (κ2) is 6.00. The number of nitrogens with zero attached hydrogens (tertiary/aromatic N) is 1. The molecule has 0 saturated heterocycles. The van der Waals surface area contributed by atoms with Crippen LogP contribution in [0.25, 0.3) is 11.3 Å². The molecule has 1 heterocycles. The van der Waals surface area contributed by atoms with E-state index < -0.39 is 0 Å². The number of rotatable bonds is 3. The Morgan fingerprint density at radius 1 is 1.00 bits per heavy atom. The molecule has 0 fully saturated rings. The summed E-state index contributed by atoms with van der Waals surface area (Å²) in [5.41, 5.74) is 8.83. The number of aromatic nitrogens is 1. The van der Waals surface area contributed by atoms with Crippen LogP contribution in [0.5, 0.6) is 0 Å². The van der Waals surface area contributed by atoms with Crippen LogP contribution >= 0.6 is 27.3 Å². The maximum absolute atomic E-state index is 4.42. The molecule has 0 aliphatic rings. The molecule has 0 radical (unpaired) electrons. The lowest BCUT2D eigenvalue weighted by Gasteiger charge is -2.13. The van der Waals surface area contributed by atoms with Crippen LogP contribution in [0.3, 0.4) is 0 Å². The molecule has 4 heteroatoms. The Balaban J connectivity index is 1.93. The second-order valence-electron chi connectivity index (χ2n) is 4.99. The van der Waals surface area contributed by atoms with E-state index in [0.29, 0.717) is 0 Å². The fourth-order valence-corrected chi connectivity index (χ4v) is 3.28. The first-order chi connectivity index (χ1) is 10.1. The minimum absolute atomic E-state index is 1.06. The zero-order chi connectivity index (χ0) is 14.8. The van der Waals surface area contributed by atoms with Crippen LogP contribution in [-0.4, -0.2) is 4.98 Å². The lowest BCUT2D eigenvalue weighted by atomic mass is 9.99. The molecule has 1 N–H and O–H groups in total. The topological polar surface area (TPSA) is 24.9 Å². The van der Waals surface area contributed by atoms with Crippen LogP contribution in [-0.2, 0) is 0 Å². The molecule has 0 unspecified atom stereocenters. The molecule has 0 aliphatic heterocycles. The predicted molar refractivity (Wildman–Crippen MR) is 94.4 cm³/mol. The molecule has 3 aromatic rings. The Kier molecular flexibility index (Phi) is 4.08. The van der Waals surface area contributed by atoms with E-state index >= 15 is 0 Å². The molecule has 2 aromatic carbocycles. The second-order valence-corrected chi connectivity index (χ2v) is 6.62. The molecule has 0 spiro atoms. The van der Waals surface area contributed by atoms with Crippen LogP contribution in [0.15, 0.2) is 51.8 Å². The number of thiazole rings is 1. The van der Waals surface area contributed by atoms with Gasteiger partial charge in [0, 0.05) is 26.8 Å². The van der Waals surface area contributed by atoms with Gasteiger partial charge in [0.05, 0.1) is 11.2 Å². The third-order valence-corrected chi connectivity index (χ3v) is 4.47. The molecule has 0 aliphatic carbocycles. The number of hydrogen-bond donors (Lipinski definition) is 1. The van der Waals surface area contributed by atoms with E-state index in [0.717, 1.165) is 21.5 Å².